The van der Waals surface area contributed by atoms with Crippen LogP contribution in [0.3, 0.4) is 0 Å². The summed E-state index contributed by atoms with van der Waals surface area (Å²) in [6, 6.07) is 4.02. The van der Waals surface area contributed by atoms with Crippen LogP contribution in [0.5, 0.6) is 0 Å². The molecule has 0 aromatic carbocycles. The van der Waals surface area contributed by atoms with Gasteiger partial charge in [-0.3, -0.25) is 4.79 Å². The molecule has 0 bridgehead atoms. The van der Waals surface area contributed by atoms with Crippen molar-refractivity contribution in [3.05, 3.63) is 36.2 Å². The van der Waals surface area contributed by atoms with Crippen LogP contribution in [0, 0.1) is 13.8 Å². The van der Waals surface area contributed by atoms with Crippen molar-refractivity contribution < 1.29 is 4.79 Å². The van der Waals surface area contributed by atoms with Crippen molar-refractivity contribution in [2.45, 2.75) is 20.4 Å². The van der Waals surface area contributed by atoms with E-state index in [9.17, 15) is 4.79 Å². The summed E-state index contributed by atoms with van der Waals surface area (Å²) in [5, 5.41) is 2.75. The molecule has 0 fully saturated rings. The standard InChI is InChI=1S/C11H16N2O/c1-4-7-12-11(14)8-13-9(2)5-6-10(13)3/h4-6H,1,7-8H2,2-3H3,(H,12,14). The highest BCUT2D eigenvalue weighted by atomic mass is 16.1. The van der Waals surface area contributed by atoms with E-state index in [2.05, 4.69) is 11.9 Å². The number of aromatic nitrogens is 1. The van der Waals surface area contributed by atoms with Gasteiger partial charge in [-0.1, -0.05) is 6.08 Å². The molecule has 0 spiro atoms. The minimum atomic E-state index is 0.0206. The first-order valence-electron chi connectivity index (χ1n) is 4.65. The molecular formula is C11H16N2O. The summed E-state index contributed by atoms with van der Waals surface area (Å²) in [5.41, 5.74) is 2.22. The van der Waals surface area contributed by atoms with Crippen LogP contribution in [0.15, 0.2) is 24.8 Å². The minimum Gasteiger partial charge on any atom is -0.351 e. The van der Waals surface area contributed by atoms with E-state index in [1.165, 1.54) is 0 Å². The number of rotatable bonds is 4. The molecule has 0 aliphatic carbocycles. The number of hydrogen-bond acceptors (Lipinski definition) is 1. The van der Waals surface area contributed by atoms with E-state index in [1.54, 1.807) is 6.08 Å². The Morgan fingerprint density at radius 2 is 2.07 bits per heavy atom. The molecule has 14 heavy (non-hydrogen) atoms. The highest BCUT2D eigenvalue weighted by molar-refractivity contribution is 5.76. The van der Waals surface area contributed by atoms with Crippen LogP contribution in [-0.4, -0.2) is 17.0 Å². The van der Waals surface area contributed by atoms with E-state index >= 15 is 0 Å². The van der Waals surface area contributed by atoms with Gasteiger partial charge in [-0.25, -0.2) is 0 Å². The van der Waals surface area contributed by atoms with Gasteiger partial charge in [0.25, 0.3) is 0 Å². The molecule has 76 valence electrons. The van der Waals surface area contributed by atoms with Gasteiger partial charge in [0.05, 0.1) is 0 Å². The third-order valence-corrected chi connectivity index (χ3v) is 2.16. The van der Waals surface area contributed by atoms with Crippen LogP contribution < -0.4 is 5.32 Å². The van der Waals surface area contributed by atoms with E-state index in [-0.39, 0.29) is 5.91 Å². The van der Waals surface area contributed by atoms with E-state index < -0.39 is 0 Å². The van der Waals surface area contributed by atoms with Gasteiger partial charge < -0.3 is 9.88 Å². The fourth-order valence-electron chi connectivity index (χ4n) is 1.33. The third kappa shape index (κ3) is 2.49. The Kier molecular flexibility index (Phi) is 3.51. The lowest BCUT2D eigenvalue weighted by Gasteiger charge is -2.08. The van der Waals surface area contributed by atoms with Crippen LogP contribution in [0.25, 0.3) is 0 Å². The van der Waals surface area contributed by atoms with Gasteiger partial charge in [0.1, 0.15) is 6.54 Å². The first kappa shape index (κ1) is 10.6. The lowest BCUT2D eigenvalue weighted by atomic mass is 10.4. The first-order valence-corrected chi connectivity index (χ1v) is 4.65. The number of hydrogen-bond donors (Lipinski definition) is 1. The lowest BCUT2D eigenvalue weighted by molar-refractivity contribution is -0.121. The number of nitrogens with zero attached hydrogens (tertiary/aromatic N) is 1. The molecule has 0 atom stereocenters. The molecule has 0 radical (unpaired) electrons. The highest BCUT2D eigenvalue weighted by Gasteiger charge is 2.05. The average molecular weight is 192 g/mol. The van der Waals surface area contributed by atoms with Crippen molar-refractivity contribution in [3.8, 4) is 0 Å². The molecule has 3 nitrogen and oxygen atoms in total. The topological polar surface area (TPSA) is 34.0 Å². The Balaban J connectivity index is 2.59. The summed E-state index contributed by atoms with van der Waals surface area (Å²) in [6.45, 7) is 8.44. The molecule has 1 N–H and O–H groups in total. The zero-order valence-electron chi connectivity index (χ0n) is 8.71. The molecule has 1 aromatic rings. The molecule has 0 saturated carbocycles. The van der Waals surface area contributed by atoms with E-state index in [4.69, 9.17) is 0 Å². The van der Waals surface area contributed by atoms with Crippen molar-refractivity contribution in [1.29, 1.82) is 0 Å². The van der Waals surface area contributed by atoms with Gasteiger partial charge in [-0.05, 0) is 26.0 Å². The molecule has 0 saturated heterocycles. The molecule has 1 aromatic heterocycles. The van der Waals surface area contributed by atoms with Crippen molar-refractivity contribution in [2.24, 2.45) is 0 Å². The predicted molar refractivity (Wildman–Crippen MR) is 57.1 cm³/mol. The maximum absolute atomic E-state index is 11.4. The summed E-state index contributed by atoms with van der Waals surface area (Å²) in [7, 11) is 0. The Bertz CT molecular complexity index is 320. The van der Waals surface area contributed by atoms with E-state index in [0.29, 0.717) is 13.1 Å². The van der Waals surface area contributed by atoms with Crippen LogP contribution in [0.4, 0.5) is 0 Å². The summed E-state index contributed by atoms with van der Waals surface area (Å²) >= 11 is 0. The number of carbonyl (C=O) groups is 1. The smallest absolute Gasteiger partial charge is 0.240 e. The maximum atomic E-state index is 11.4. The highest BCUT2D eigenvalue weighted by Crippen LogP contribution is 2.06. The van der Waals surface area contributed by atoms with Gasteiger partial charge in [0.15, 0.2) is 0 Å². The van der Waals surface area contributed by atoms with Crippen molar-refractivity contribution >= 4 is 5.91 Å². The number of carbonyl (C=O) groups excluding carboxylic acids is 1. The Labute approximate surface area is 84.4 Å². The quantitative estimate of drug-likeness (QED) is 0.719. The Hall–Kier alpha value is -1.51. The van der Waals surface area contributed by atoms with Crippen molar-refractivity contribution in [2.75, 3.05) is 6.54 Å². The van der Waals surface area contributed by atoms with Gasteiger partial charge in [0.2, 0.25) is 5.91 Å². The molecule has 1 amide bonds. The maximum Gasteiger partial charge on any atom is 0.240 e. The average Bonchev–Trinajstić information content (AvgIpc) is 2.46. The van der Waals surface area contributed by atoms with E-state index in [1.807, 2.05) is 30.5 Å². The van der Waals surface area contributed by atoms with Gasteiger partial charge in [0, 0.05) is 17.9 Å². The number of aryl methyl sites for hydroxylation is 2. The molecular weight excluding hydrogens is 176 g/mol. The summed E-state index contributed by atoms with van der Waals surface area (Å²) in [5.74, 6) is 0.0206. The Morgan fingerprint density at radius 1 is 1.50 bits per heavy atom. The first-order chi connectivity index (χ1) is 6.65. The normalized spacial score (nSPS) is 9.86. The lowest BCUT2D eigenvalue weighted by Crippen LogP contribution is -2.28. The van der Waals surface area contributed by atoms with Crippen molar-refractivity contribution in [1.82, 2.24) is 9.88 Å². The van der Waals surface area contributed by atoms with Gasteiger partial charge in [-0.15, -0.1) is 6.58 Å². The van der Waals surface area contributed by atoms with Crippen molar-refractivity contribution in [3.63, 3.8) is 0 Å². The fourth-order valence-corrected chi connectivity index (χ4v) is 1.33. The third-order valence-electron chi connectivity index (χ3n) is 2.16. The van der Waals surface area contributed by atoms with Crippen LogP contribution in [-0.2, 0) is 11.3 Å². The molecule has 1 heterocycles. The summed E-state index contributed by atoms with van der Waals surface area (Å²) < 4.78 is 1.98. The SMILES string of the molecule is C=CCNC(=O)Cn1c(C)ccc1C. The largest absolute Gasteiger partial charge is 0.351 e. The predicted octanol–water partition coefficient (Wildman–Crippen LogP) is 1.41. The van der Waals surface area contributed by atoms with E-state index in [0.717, 1.165) is 11.4 Å². The number of amides is 1. The number of nitrogens with one attached hydrogen (secondary N) is 1. The summed E-state index contributed by atoms with van der Waals surface area (Å²) in [6.07, 6.45) is 1.67. The van der Waals surface area contributed by atoms with Gasteiger partial charge >= 0.3 is 0 Å². The zero-order valence-corrected chi connectivity index (χ0v) is 8.71. The second-order valence-corrected chi connectivity index (χ2v) is 3.29. The van der Waals surface area contributed by atoms with Gasteiger partial charge in [-0.2, -0.15) is 0 Å². The van der Waals surface area contributed by atoms with Crippen LogP contribution in [0.1, 0.15) is 11.4 Å². The second-order valence-electron chi connectivity index (χ2n) is 3.29. The minimum absolute atomic E-state index is 0.0206. The molecule has 0 unspecified atom stereocenters. The second kappa shape index (κ2) is 4.65. The molecule has 1 rings (SSSR count). The zero-order chi connectivity index (χ0) is 10.6. The Morgan fingerprint density at radius 3 is 2.57 bits per heavy atom. The molecule has 3 heteroatoms. The monoisotopic (exact) mass is 192 g/mol. The van der Waals surface area contributed by atoms with Crippen LogP contribution >= 0.6 is 0 Å². The fraction of sp³-hybridized carbons (Fsp3) is 0.364. The summed E-state index contributed by atoms with van der Waals surface area (Å²) in [4.78, 5) is 11.4. The molecule has 0 aliphatic heterocycles. The molecule has 0 aliphatic rings. The van der Waals surface area contributed by atoms with Crippen LogP contribution in [0.2, 0.25) is 0 Å².